The van der Waals surface area contributed by atoms with Crippen LogP contribution in [-0.4, -0.2) is 36.6 Å². The van der Waals surface area contributed by atoms with Gasteiger partial charge in [0.1, 0.15) is 12.4 Å². The number of likely N-dealkylation sites (N-methyl/N-ethyl adjacent to an activating group) is 1. The second kappa shape index (κ2) is 8.97. The van der Waals surface area contributed by atoms with Gasteiger partial charge >= 0.3 is 0 Å². The number of carbonyl (C=O) groups excluding carboxylic acids is 1. The third kappa shape index (κ3) is 5.17. The second-order valence-corrected chi connectivity index (χ2v) is 8.27. The Labute approximate surface area is 173 Å². The molecule has 0 bridgehead atoms. The summed E-state index contributed by atoms with van der Waals surface area (Å²) in [7, 11) is 1.82. The summed E-state index contributed by atoms with van der Waals surface area (Å²) in [6, 6.07) is 12.5. The van der Waals surface area contributed by atoms with Crippen LogP contribution in [0, 0.1) is 20.8 Å². The number of nitrogens with two attached hydrogens (primary N) is 1. The molecule has 2 N–H and O–H groups in total. The van der Waals surface area contributed by atoms with Crippen LogP contribution in [0.1, 0.15) is 40.7 Å². The van der Waals surface area contributed by atoms with E-state index in [2.05, 4.69) is 37.3 Å². The lowest BCUT2D eigenvalue weighted by molar-refractivity contribution is -0.139. The molecule has 1 saturated heterocycles. The highest BCUT2D eigenvalue weighted by Crippen LogP contribution is 2.27. The largest absolute Gasteiger partial charge is 0.488 e. The lowest BCUT2D eigenvalue weighted by Crippen LogP contribution is -2.57. The maximum Gasteiger partial charge on any atom is 0.242 e. The van der Waals surface area contributed by atoms with E-state index >= 15 is 0 Å². The van der Waals surface area contributed by atoms with Crippen LogP contribution in [0.15, 0.2) is 36.4 Å². The fourth-order valence-electron chi connectivity index (χ4n) is 3.99. The van der Waals surface area contributed by atoms with Crippen LogP contribution in [0.25, 0.3) is 0 Å². The van der Waals surface area contributed by atoms with Gasteiger partial charge in [0.05, 0.1) is 5.54 Å². The number of nitrogens with zero attached hydrogens (tertiary/aromatic N) is 1. The molecular weight excluding hydrogens is 364 g/mol. The van der Waals surface area contributed by atoms with Crippen LogP contribution in [0.5, 0.6) is 5.75 Å². The Hall–Kier alpha value is -2.37. The first-order chi connectivity index (χ1) is 13.8. The summed E-state index contributed by atoms with van der Waals surface area (Å²) < 4.78 is 11.5. The van der Waals surface area contributed by atoms with Gasteiger partial charge in [-0.25, -0.2) is 0 Å². The third-order valence-corrected chi connectivity index (χ3v) is 5.56. The quantitative estimate of drug-likeness (QED) is 0.809. The SMILES string of the molecule is Cc1cccc(COc2c(C)cc(CN(C)C(=O)C3(N)CCOCC3)cc2C)c1. The zero-order chi connectivity index (χ0) is 21.0. The number of hydrogen-bond acceptors (Lipinski definition) is 4. The van der Waals surface area contributed by atoms with Gasteiger partial charge < -0.3 is 20.1 Å². The summed E-state index contributed by atoms with van der Waals surface area (Å²) in [5.41, 5.74) is 11.1. The normalized spacial score (nSPS) is 15.8. The minimum atomic E-state index is -0.812. The van der Waals surface area contributed by atoms with Crippen molar-refractivity contribution in [2.45, 2.75) is 52.3 Å². The first kappa shape index (κ1) is 21.3. The molecule has 2 aromatic rings. The number of carbonyl (C=O) groups is 1. The predicted molar refractivity (Wildman–Crippen MR) is 115 cm³/mol. The molecule has 0 saturated carbocycles. The van der Waals surface area contributed by atoms with E-state index < -0.39 is 5.54 Å². The van der Waals surface area contributed by atoms with Gasteiger partial charge in [0.15, 0.2) is 0 Å². The van der Waals surface area contributed by atoms with Crippen molar-refractivity contribution < 1.29 is 14.3 Å². The van der Waals surface area contributed by atoms with E-state index in [9.17, 15) is 4.79 Å². The topological polar surface area (TPSA) is 64.8 Å². The van der Waals surface area contributed by atoms with Crippen LogP contribution in [0.3, 0.4) is 0 Å². The third-order valence-electron chi connectivity index (χ3n) is 5.56. The molecule has 5 nitrogen and oxygen atoms in total. The van der Waals surface area contributed by atoms with Gasteiger partial charge in [0, 0.05) is 26.8 Å². The summed E-state index contributed by atoms with van der Waals surface area (Å²) in [6.45, 7) is 8.33. The fourth-order valence-corrected chi connectivity index (χ4v) is 3.99. The van der Waals surface area contributed by atoms with E-state index in [4.69, 9.17) is 15.2 Å². The number of aryl methyl sites for hydroxylation is 3. The van der Waals surface area contributed by atoms with E-state index in [1.165, 1.54) is 5.56 Å². The van der Waals surface area contributed by atoms with Gasteiger partial charge in [-0.3, -0.25) is 4.79 Å². The van der Waals surface area contributed by atoms with Crippen molar-refractivity contribution in [1.82, 2.24) is 4.90 Å². The zero-order valence-corrected chi connectivity index (χ0v) is 18.0. The van der Waals surface area contributed by atoms with Crippen LogP contribution in [0.4, 0.5) is 0 Å². The average Bonchev–Trinajstić information content (AvgIpc) is 2.67. The highest BCUT2D eigenvalue weighted by Gasteiger charge is 2.37. The van der Waals surface area contributed by atoms with Gasteiger partial charge in [0.2, 0.25) is 5.91 Å². The van der Waals surface area contributed by atoms with Crippen LogP contribution >= 0.6 is 0 Å². The van der Waals surface area contributed by atoms with Crippen molar-refractivity contribution in [3.05, 3.63) is 64.2 Å². The van der Waals surface area contributed by atoms with Crippen molar-refractivity contribution in [3.63, 3.8) is 0 Å². The van der Waals surface area contributed by atoms with E-state index in [1.54, 1.807) is 4.90 Å². The van der Waals surface area contributed by atoms with Gasteiger partial charge in [0.25, 0.3) is 0 Å². The number of amides is 1. The Balaban J connectivity index is 1.67. The molecule has 1 aliphatic heterocycles. The molecule has 156 valence electrons. The molecule has 5 heteroatoms. The molecule has 0 aromatic heterocycles. The van der Waals surface area contributed by atoms with Crippen molar-refractivity contribution in [2.24, 2.45) is 5.73 Å². The van der Waals surface area contributed by atoms with Gasteiger partial charge in [-0.2, -0.15) is 0 Å². The maximum absolute atomic E-state index is 12.9. The van der Waals surface area contributed by atoms with Crippen LogP contribution < -0.4 is 10.5 Å². The molecule has 0 unspecified atom stereocenters. The smallest absolute Gasteiger partial charge is 0.242 e. The first-order valence-corrected chi connectivity index (χ1v) is 10.2. The van der Waals surface area contributed by atoms with Gasteiger partial charge in [-0.05, 0) is 55.9 Å². The molecule has 3 rings (SSSR count). The standard InChI is InChI=1S/C24H32N2O3/c1-17-6-5-7-20(12-17)16-29-22-18(2)13-21(14-19(22)3)15-26(4)23(27)24(25)8-10-28-11-9-24/h5-7,12-14H,8-11,15-16,25H2,1-4H3. The molecular formula is C24H32N2O3. The number of hydrogen-bond donors (Lipinski definition) is 1. The highest BCUT2D eigenvalue weighted by molar-refractivity contribution is 5.86. The average molecular weight is 397 g/mol. The van der Waals surface area contributed by atoms with Crippen molar-refractivity contribution >= 4 is 5.91 Å². The molecule has 0 radical (unpaired) electrons. The summed E-state index contributed by atoms with van der Waals surface area (Å²) in [5, 5.41) is 0. The molecule has 29 heavy (non-hydrogen) atoms. The molecule has 1 heterocycles. The lowest BCUT2D eigenvalue weighted by Gasteiger charge is -2.35. The summed E-state index contributed by atoms with van der Waals surface area (Å²) in [5.74, 6) is 0.889. The molecule has 1 fully saturated rings. The Morgan fingerprint density at radius 1 is 1.10 bits per heavy atom. The summed E-state index contributed by atoms with van der Waals surface area (Å²) in [4.78, 5) is 14.6. The summed E-state index contributed by atoms with van der Waals surface area (Å²) >= 11 is 0. The van der Waals surface area contributed by atoms with Crippen LogP contribution in [0.2, 0.25) is 0 Å². The molecule has 0 spiro atoms. The molecule has 2 aromatic carbocycles. The maximum atomic E-state index is 12.9. The van der Waals surface area contributed by atoms with Crippen molar-refractivity contribution in [3.8, 4) is 5.75 Å². The molecule has 1 aliphatic rings. The summed E-state index contributed by atoms with van der Waals surface area (Å²) in [6.07, 6.45) is 1.14. The lowest BCUT2D eigenvalue weighted by atomic mass is 9.89. The van der Waals surface area contributed by atoms with E-state index in [-0.39, 0.29) is 5.91 Å². The number of benzene rings is 2. The number of ether oxygens (including phenoxy) is 2. The van der Waals surface area contributed by atoms with Gasteiger partial charge in [-0.1, -0.05) is 42.0 Å². The monoisotopic (exact) mass is 396 g/mol. The minimum Gasteiger partial charge on any atom is -0.488 e. The second-order valence-electron chi connectivity index (χ2n) is 8.27. The van der Waals surface area contributed by atoms with E-state index in [0.717, 1.165) is 28.0 Å². The first-order valence-electron chi connectivity index (χ1n) is 10.2. The zero-order valence-electron chi connectivity index (χ0n) is 18.0. The van der Waals surface area contributed by atoms with E-state index in [1.807, 2.05) is 27.0 Å². The fraction of sp³-hybridized carbons (Fsp3) is 0.458. The van der Waals surface area contributed by atoms with Gasteiger partial charge in [-0.15, -0.1) is 0 Å². The Morgan fingerprint density at radius 2 is 1.76 bits per heavy atom. The molecule has 0 aliphatic carbocycles. The Bertz CT molecular complexity index is 849. The van der Waals surface area contributed by atoms with Crippen LogP contribution in [-0.2, 0) is 22.7 Å². The molecule has 1 amide bonds. The number of rotatable bonds is 6. The minimum absolute atomic E-state index is 0.0177. The van der Waals surface area contributed by atoms with Crippen molar-refractivity contribution in [2.75, 3.05) is 20.3 Å². The Kier molecular flexibility index (Phi) is 6.60. The Morgan fingerprint density at radius 3 is 2.38 bits per heavy atom. The van der Waals surface area contributed by atoms with Crippen molar-refractivity contribution in [1.29, 1.82) is 0 Å². The molecule has 0 atom stereocenters. The van der Waals surface area contributed by atoms with E-state index in [0.29, 0.717) is 39.2 Å². The predicted octanol–water partition coefficient (Wildman–Crippen LogP) is 3.66. The highest BCUT2D eigenvalue weighted by atomic mass is 16.5.